The van der Waals surface area contributed by atoms with Crippen LogP contribution in [0.4, 0.5) is 5.69 Å². The largest absolute Gasteiger partial charge is 0.497 e. The van der Waals surface area contributed by atoms with Crippen molar-refractivity contribution in [2.24, 2.45) is 0 Å². The van der Waals surface area contributed by atoms with Crippen LogP contribution in [0.3, 0.4) is 0 Å². The highest BCUT2D eigenvalue weighted by atomic mass is 16.5. The lowest BCUT2D eigenvalue weighted by Crippen LogP contribution is -2.28. The molecule has 2 N–H and O–H groups in total. The van der Waals surface area contributed by atoms with Crippen LogP contribution in [0, 0.1) is 6.92 Å². The molecule has 1 fully saturated rings. The van der Waals surface area contributed by atoms with Gasteiger partial charge in [-0.15, -0.1) is 0 Å². The molecule has 0 unspecified atom stereocenters. The third-order valence-electron chi connectivity index (χ3n) is 4.20. The quantitative estimate of drug-likeness (QED) is 0.909. The SMILES string of the molecule is COc1ccc2c(NC3CCC(O)CC3)cc(C)nc2c1. The van der Waals surface area contributed by atoms with Gasteiger partial charge in [0.1, 0.15) is 5.75 Å². The Labute approximate surface area is 125 Å². The number of ether oxygens (including phenoxy) is 1. The number of hydrogen-bond acceptors (Lipinski definition) is 4. The van der Waals surface area contributed by atoms with E-state index >= 15 is 0 Å². The average Bonchev–Trinajstić information content (AvgIpc) is 2.48. The lowest BCUT2D eigenvalue weighted by molar-refractivity contribution is 0.126. The van der Waals surface area contributed by atoms with E-state index in [1.54, 1.807) is 7.11 Å². The van der Waals surface area contributed by atoms with Crippen LogP contribution in [0.2, 0.25) is 0 Å². The summed E-state index contributed by atoms with van der Waals surface area (Å²) in [5.74, 6) is 0.826. The summed E-state index contributed by atoms with van der Waals surface area (Å²) in [4.78, 5) is 4.59. The highest BCUT2D eigenvalue weighted by Gasteiger charge is 2.19. The van der Waals surface area contributed by atoms with E-state index in [0.717, 1.165) is 53.7 Å². The maximum atomic E-state index is 9.61. The van der Waals surface area contributed by atoms with Gasteiger partial charge in [-0.05, 0) is 50.8 Å². The lowest BCUT2D eigenvalue weighted by Gasteiger charge is -2.27. The highest BCUT2D eigenvalue weighted by Crippen LogP contribution is 2.29. The number of anilines is 1. The Kier molecular flexibility index (Phi) is 3.97. The number of aromatic nitrogens is 1. The molecule has 0 radical (unpaired) electrons. The van der Waals surface area contributed by atoms with E-state index in [4.69, 9.17) is 4.74 Å². The molecule has 0 aliphatic heterocycles. The molecule has 1 saturated carbocycles. The summed E-state index contributed by atoms with van der Waals surface area (Å²) in [6.07, 6.45) is 3.67. The number of fused-ring (bicyclic) bond motifs is 1. The molecule has 1 aromatic carbocycles. The molecule has 2 aromatic rings. The number of aryl methyl sites for hydroxylation is 1. The second kappa shape index (κ2) is 5.90. The first-order chi connectivity index (χ1) is 10.2. The Morgan fingerprint density at radius 2 is 1.95 bits per heavy atom. The van der Waals surface area contributed by atoms with E-state index in [9.17, 15) is 5.11 Å². The summed E-state index contributed by atoms with van der Waals surface area (Å²) < 4.78 is 5.28. The van der Waals surface area contributed by atoms with Gasteiger partial charge in [-0.25, -0.2) is 0 Å². The van der Waals surface area contributed by atoms with Crippen molar-refractivity contribution in [3.05, 3.63) is 30.0 Å². The van der Waals surface area contributed by atoms with Crippen molar-refractivity contribution < 1.29 is 9.84 Å². The minimum absolute atomic E-state index is 0.122. The Morgan fingerprint density at radius 1 is 1.19 bits per heavy atom. The molecule has 1 aliphatic rings. The van der Waals surface area contributed by atoms with Crippen LogP contribution in [-0.2, 0) is 0 Å². The van der Waals surface area contributed by atoms with E-state index in [0.29, 0.717) is 6.04 Å². The minimum Gasteiger partial charge on any atom is -0.497 e. The predicted octanol–water partition coefficient (Wildman–Crippen LogP) is 3.27. The van der Waals surface area contributed by atoms with Gasteiger partial charge in [0.15, 0.2) is 0 Å². The topological polar surface area (TPSA) is 54.4 Å². The van der Waals surface area contributed by atoms with Crippen LogP contribution in [0.1, 0.15) is 31.4 Å². The van der Waals surface area contributed by atoms with Gasteiger partial charge >= 0.3 is 0 Å². The molecule has 21 heavy (non-hydrogen) atoms. The first-order valence-corrected chi connectivity index (χ1v) is 7.55. The van der Waals surface area contributed by atoms with Crippen LogP contribution < -0.4 is 10.1 Å². The van der Waals surface area contributed by atoms with E-state index < -0.39 is 0 Å². The summed E-state index contributed by atoms with van der Waals surface area (Å²) in [5.41, 5.74) is 3.07. The molecular weight excluding hydrogens is 264 g/mol. The Morgan fingerprint density at radius 3 is 2.67 bits per heavy atom. The van der Waals surface area contributed by atoms with E-state index in [1.807, 2.05) is 19.1 Å². The number of pyridine rings is 1. The Hall–Kier alpha value is -1.81. The predicted molar refractivity (Wildman–Crippen MR) is 84.9 cm³/mol. The van der Waals surface area contributed by atoms with Crippen molar-refractivity contribution in [2.75, 3.05) is 12.4 Å². The molecule has 0 atom stereocenters. The molecule has 4 nitrogen and oxygen atoms in total. The third-order valence-corrected chi connectivity index (χ3v) is 4.20. The van der Waals surface area contributed by atoms with Gasteiger partial charge in [-0.2, -0.15) is 0 Å². The monoisotopic (exact) mass is 286 g/mol. The number of nitrogens with zero attached hydrogens (tertiary/aromatic N) is 1. The molecule has 0 spiro atoms. The molecule has 1 aliphatic carbocycles. The molecule has 0 amide bonds. The fraction of sp³-hybridized carbons (Fsp3) is 0.471. The fourth-order valence-electron chi connectivity index (χ4n) is 3.03. The lowest BCUT2D eigenvalue weighted by atomic mass is 9.93. The normalized spacial score (nSPS) is 22.2. The number of rotatable bonds is 3. The minimum atomic E-state index is -0.122. The summed E-state index contributed by atoms with van der Waals surface area (Å²) in [6, 6.07) is 8.52. The van der Waals surface area contributed by atoms with Crippen molar-refractivity contribution in [1.82, 2.24) is 4.98 Å². The number of nitrogens with one attached hydrogen (secondary N) is 1. The van der Waals surface area contributed by atoms with Gasteiger partial charge in [0, 0.05) is 28.9 Å². The van der Waals surface area contributed by atoms with Crippen molar-refractivity contribution in [3.63, 3.8) is 0 Å². The van der Waals surface area contributed by atoms with Gasteiger partial charge in [0.2, 0.25) is 0 Å². The number of methoxy groups -OCH3 is 1. The Bertz CT molecular complexity index is 634. The maximum absolute atomic E-state index is 9.61. The smallest absolute Gasteiger partial charge is 0.121 e. The second-order valence-electron chi connectivity index (χ2n) is 5.84. The van der Waals surface area contributed by atoms with Crippen molar-refractivity contribution in [1.29, 1.82) is 0 Å². The average molecular weight is 286 g/mol. The molecule has 3 rings (SSSR count). The number of aliphatic hydroxyl groups excluding tert-OH is 1. The molecule has 0 bridgehead atoms. The summed E-state index contributed by atoms with van der Waals surface area (Å²) in [7, 11) is 1.67. The van der Waals surface area contributed by atoms with E-state index in [1.165, 1.54) is 0 Å². The third kappa shape index (κ3) is 3.10. The van der Waals surface area contributed by atoms with Gasteiger partial charge < -0.3 is 15.2 Å². The molecule has 112 valence electrons. The zero-order valence-electron chi connectivity index (χ0n) is 12.6. The maximum Gasteiger partial charge on any atom is 0.121 e. The zero-order chi connectivity index (χ0) is 14.8. The van der Waals surface area contributed by atoms with Gasteiger partial charge in [0.05, 0.1) is 18.7 Å². The van der Waals surface area contributed by atoms with Crippen LogP contribution in [-0.4, -0.2) is 29.3 Å². The van der Waals surface area contributed by atoms with Gasteiger partial charge in [-0.3, -0.25) is 4.98 Å². The second-order valence-corrected chi connectivity index (χ2v) is 5.84. The first kappa shape index (κ1) is 14.1. The van der Waals surface area contributed by atoms with Crippen molar-refractivity contribution in [2.45, 2.75) is 44.8 Å². The van der Waals surface area contributed by atoms with E-state index in [-0.39, 0.29) is 6.10 Å². The van der Waals surface area contributed by atoms with Crippen LogP contribution in [0.15, 0.2) is 24.3 Å². The van der Waals surface area contributed by atoms with Crippen molar-refractivity contribution in [3.8, 4) is 5.75 Å². The summed E-state index contributed by atoms with van der Waals surface area (Å²) in [6.45, 7) is 2.01. The van der Waals surface area contributed by atoms with Crippen LogP contribution >= 0.6 is 0 Å². The van der Waals surface area contributed by atoms with Crippen LogP contribution in [0.5, 0.6) is 5.75 Å². The standard InChI is InChI=1S/C17H22N2O2/c1-11-9-16(19-12-3-5-13(20)6-4-12)15-8-7-14(21-2)10-17(15)18-11/h7-10,12-13,20H,3-6H2,1-2H3,(H,18,19). The summed E-state index contributed by atoms with van der Waals surface area (Å²) in [5, 5.41) is 14.4. The Balaban J connectivity index is 1.90. The van der Waals surface area contributed by atoms with Crippen LogP contribution in [0.25, 0.3) is 10.9 Å². The van der Waals surface area contributed by atoms with Gasteiger partial charge in [0.25, 0.3) is 0 Å². The zero-order valence-corrected chi connectivity index (χ0v) is 12.6. The van der Waals surface area contributed by atoms with E-state index in [2.05, 4.69) is 22.4 Å². The fourth-order valence-corrected chi connectivity index (χ4v) is 3.03. The number of hydrogen-bond donors (Lipinski definition) is 2. The van der Waals surface area contributed by atoms with Gasteiger partial charge in [-0.1, -0.05) is 0 Å². The number of benzene rings is 1. The summed E-state index contributed by atoms with van der Waals surface area (Å²) >= 11 is 0. The first-order valence-electron chi connectivity index (χ1n) is 7.55. The molecule has 4 heteroatoms. The molecule has 0 saturated heterocycles. The molecular formula is C17H22N2O2. The highest BCUT2D eigenvalue weighted by molar-refractivity contribution is 5.92. The molecule has 1 heterocycles. The number of aliphatic hydroxyl groups is 1. The van der Waals surface area contributed by atoms with Crippen molar-refractivity contribution >= 4 is 16.6 Å². The molecule has 1 aromatic heterocycles.